The van der Waals surface area contributed by atoms with Crippen LogP contribution in [0.4, 0.5) is 18.9 Å². The van der Waals surface area contributed by atoms with Gasteiger partial charge in [0, 0.05) is 7.05 Å². The Kier molecular flexibility index (Phi) is 6.71. The first-order valence-corrected chi connectivity index (χ1v) is 14.6. The van der Waals surface area contributed by atoms with E-state index in [0.717, 1.165) is 47.1 Å². The number of amides is 4. The number of fused-ring (bicyclic) bond motifs is 2. The molecule has 0 radical (unpaired) electrons. The number of rotatable bonds is 4. The molecule has 0 aromatic heterocycles. The average molecular weight is 616 g/mol. The van der Waals surface area contributed by atoms with Crippen molar-refractivity contribution in [2.24, 2.45) is 5.14 Å². The summed E-state index contributed by atoms with van der Waals surface area (Å²) in [5, 5.41) is 5.68. The molecule has 43 heavy (non-hydrogen) atoms. The van der Waals surface area contributed by atoms with Crippen LogP contribution in [0.25, 0.3) is 0 Å². The van der Waals surface area contributed by atoms with E-state index in [9.17, 15) is 41.5 Å². The summed E-state index contributed by atoms with van der Waals surface area (Å²) in [6.07, 6.45) is -4.93. The fourth-order valence-electron chi connectivity index (χ4n) is 6.01. The lowest BCUT2D eigenvalue weighted by Crippen LogP contribution is -2.41. The summed E-state index contributed by atoms with van der Waals surface area (Å²) in [5.74, 6) is -3.04. The third kappa shape index (κ3) is 4.13. The van der Waals surface area contributed by atoms with Gasteiger partial charge in [-0.05, 0) is 92.3 Å². The number of nitrogens with zero attached hydrogens (tertiary/aromatic N) is 2. The Balaban J connectivity index is 1.67. The number of alkyl halides is 3. The first-order valence-electron chi connectivity index (χ1n) is 13.0. The largest absolute Gasteiger partial charge is 0.402 e. The van der Waals surface area contributed by atoms with Gasteiger partial charge in [-0.1, -0.05) is 12.1 Å². The summed E-state index contributed by atoms with van der Waals surface area (Å²) in [4.78, 5) is 53.9. The molecule has 1 unspecified atom stereocenters. The van der Waals surface area contributed by atoms with Crippen LogP contribution in [0, 0.1) is 27.7 Å². The SMILES string of the molecule is Cc1c(C)c(N2C(=O)c3ccc(C(C)(c4ccc5c(c4)C(=O)N(C)C5=O)C(F)(F)F)cc3C2=O)c(C)c(S(N)(O)O)c1C. The molecule has 0 aliphatic carbocycles. The molecule has 4 amide bonds. The first kappa shape index (κ1) is 30.4. The molecule has 5 rings (SSSR count). The van der Waals surface area contributed by atoms with Gasteiger partial charge in [-0.2, -0.15) is 13.2 Å². The van der Waals surface area contributed by atoms with Crippen molar-refractivity contribution in [2.45, 2.75) is 51.1 Å². The number of carbonyl (C=O) groups excluding carboxylic acids is 4. The second-order valence-corrected chi connectivity index (χ2v) is 12.6. The summed E-state index contributed by atoms with van der Waals surface area (Å²) in [6.45, 7) is 7.32. The molecule has 0 spiro atoms. The first-order chi connectivity index (χ1) is 19.7. The second kappa shape index (κ2) is 9.48. The minimum atomic E-state index is -4.93. The number of carbonyl (C=O) groups is 4. The van der Waals surface area contributed by atoms with Crippen LogP contribution in [-0.4, -0.2) is 50.9 Å². The number of anilines is 1. The van der Waals surface area contributed by atoms with Crippen LogP contribution in [0.2, 0.25) is 0 Å². The number of hydrogen-bond acceptors (Lipinski definition) is 7. The van der Waals surface area contributed by atoms with Crippen molar-refractivity contribution in [3.8, 4) is 0 Å². The quantitative estimate of drug-likeness (QED) is 0.315. The van der Waals surface area contributed by atoms with E-state index in [0.29, 0.717) is 16.7 Å². The minimum Gasteiger partial charge on any atom is -0.282 e. The Labute approximate surface area is 246 Å². The van der Waals surface area contributed by atoms with E-state index in [-0.39, 0.29) is 49.5 Å². The molecule has 13 heteroatoms. The molecule has 0 bridgehead atoms. The fraction of sp³-hybridized carbons (Fsp3) is 0.267. The average Bonchev–Trinajstić information content (AvgIpc) is 3.29. The van der Waals surface area contributed by atoms with Gasteiger partial charge in [-0.3, -0.25) is 33.2 Å². The highest BCUT2D eigenvalue weighted by Crippen LogP contribution is 2.51. The standard InChI is InChI=1S/C30H28F3N3O6S/c1-13-14(2)23(16(4)24(15(13)3)43(34,41)42)36-27(39)20-10-8-18(12-22(20)28(36)40)29(5,30(31,32)33)17-7-9-19-21(11-17)26(38)35(6)25(19)37/h7-12,41-42H,34H2,1-6H3. The summed E-state index contributed by atoms with van der Waals surface area (Å²) >= 11 is 0. The van der Waals surface area contributed by atoms with E-state index < -0.39 is 46.0 Å². The highest BCUT2D eigenvalue weighted by molar-refractivity contribution is 8.22. The lowest BCUT2D eigenvalue weighted by molar-refractivity contribution is -0.173. The molecule has 2 aliphatic rings. The van der Waals surface area contributed by atoms with Crippen LogP contribution in [-0.2, 0) is 5.41 Å². The second-order valence-electron chi connectivity index (χ2n) is 11.0. The molecular weight excluding hydrogens is 587 g/mol. The zero-order chi connectivity index (χ0) is 32.1. The summed E-state index contributed by atoms with van der Waals surface area (Å²) in [7, 11) is -2.53. The van der Waals surface area contributed by atoms with Crippen LogP contribution in [0.1, 0.15) is 81.7 Å². The number of benzene rings is 3. The summed E-state index contributed by atoms with van der Waals surface area (Å²) < 4.78 is 65.4. The predicted octanol–water partition coefficient (Wildman–Crippen LogP) is 5.80. The smallest absolute Gasteiger partial charge is 0.282 e. The van der Waals surface area contributed by atoms with Crippen molar-refractivity contribution in [3.05, 3.63) is 92.0 Å². The molecule has 2 heterocycles. The van der Waals surface area contributed by atoms with Gasteiger partial charge in [0.15, 0.2) is 0 Å². The molecule has 1 atom stereocenters. The third-order valence-corrected chi connectivity index (χ3v) is 9.95. The molecule has 3 aromatic carbocycles. The molecule has 226 valence electrons. The number of hydrogen-bond donors (Lipinski definition) is 3. The van der Waals surface area contributed by atoms with Crippen molar-refractivity contribution < 1.29 is 41.5 Å². The van der Waals surface area contributed by atoms with Gasteiger partial charge in [-0.15, -0.1) is 10.8 Å². The van der Waals surface area contributed by atoms with Crippen molar-refractivity contribution in [3.63, 3.8) is 0 Å². The maximum absolute atomic E-state index is 14.9. The van der Waals surface area contributed by atoms with Crippen LogP contribution < -0.4 is 10.0 Å². The Morgan fingerprint density at radius 3 is 1.63 bits per heavy atom. The predicted molar refractivity (Wildman–Crippen MR) is 154 cm³/mol. The molecule has 0 saturated carbocycles. The van der Waals surface area contributed by atoms with Crippen LogP contribution >= 0.6 is 10.8 Å². The highest BCUT2D eigenvalue weighted by atomic mass is 32.3. The van der Waals surface area contributed by atoms with E-state index in [1.807, 2.05) is 0 Å². The van der Waals surface area contributed by atoms with Crippen molar-refractivity contribution >= 4 is 40.1 Å². The minimum absolute atomic E-state index is 0.0151. The van der Waals surface area contributed by atoms with E-state index in [2.05, 4.69) is 0 Å². The third-order valence-electron chi connectivity index (χ3n) is 8.74. The molecule has 0 fully saturated rings. The zero-order valence-electron chi connectivity index (χ0n) is 24.0. The molecule has 2 aliphatic heterocycles. The van der Waals surface area contributed by atoms with Gasteiger partial charge < -0.3 is 0 Å². The van der Waals surface area contributed by atoms with E-state index in [1.165, 1.54) is 20.0 Å². The lowest BCUT2D eigenvalue weighted by atomic mass is 9.74. The molecule has 9 nitrogen and oxygen atoms in total. The van der Waals surface area contributed by atoms with E-state index >= 15 is 0 Å². The number of imide groups is 2. The van der Waals surface area contributed by atoms with Crippen molar-refractivity contribution in [1.29, 1.82) is 0 Å². The normalized spacial score (nSPS) is 17.0. The van der Waals surface area contributed by atoms with E-state index in [4.69, 9.17) is 5.14 Å². The van der Waals surface area contributed by atoms with Crippen LogP contribution in [0.5, 0.6) is 0 Å². The molecular formula is C30H28F3N3O6S. The monoisotopic (exact) mass is 615 g/mol. The summed E-state index contributed by atoms with van der Waals surface area (Å²) in [6, 6.07) is 6.60. The Bertz CT molecular complexity index is 1810. The Morgan fingerprint density at radius 2 is 1.14 bits per heavy atom. The van der Waals surface area contributed by atoms with Gasteiger partial charge in [0.05, 0.1) is 32.8 Å². The topological polar surface area (TPSA) is 141 Å². The van der Waals surface area contributed by atoms with Crippen LogP contribution in [0.15, 0.2) is 41.3 Å². The van der Waals surface area contributed by atoms with E-state index in [1.54, 1.807) is 20.8 Å². The van der Waals surface area contributed by atoms with Crippen LogP contribution in [0.3, 0.4) is 0 Å². The van der Waals surface area contributed by atoms with Gasteiger partial charge in [-0.25, -0.2) is 10.0 Å². The lowest BCUT2D eigenvalue weighted by Gasteiger charge is -2.34. The molecule has 3 aromatic rings. The number of nitrogens with two attached hydrogens (primary N) is 1. The Hall–Kier alpha value is -4.04. The zero-order valence-corrected chi connectivity index (χ0v) is 24.8. The molecule has 0 saturated heterocycles. The maximum Gasteiger partial charge on any atom is 0.402 e. The van der Waals surface area contributed by atoms with Gasteiger partial charge in [0.25, 0.3) is 23.6 Å². The fourth-order valence-corrected chi connectivity index (χ4v) is 7.16. The van der Waals surface area contributed by atoms with Gasteiger partial charge >= 0.3 is 6.18 Å². The molecule has 4 N–H and O–H groups in total. The maximum atomic E-state index is 14.9. The van der Waals surface area contributed by atoms with Gasteiger partial charge in [0.2, 0.25) is 0 Å². The van der Waals surface area contributed by atoms with Gasteiger partial charge in [0.1, 0.15) is 5.41 Å². The van der Waals surface area contributed by atoms with Crippen molar-refractivity contribution in [2.75, 3.05) is 11.9 Å². The van der Waals surface area contributed by atoms with Crippen molar-refractivity contribution in [1.82, 2.24) is 4.90 Å². The Morgan fingerprint density at radius 1 is 0.698 bits per heavy atom. The summed E-state index contributed by atoms with van der Waals surface area (Å²) in [5.41, 5.74) is -2.26. The number of halogens is 3. The highest BCUT2D eigenvalue weighted by Gasteiger charge is 2.55.